The second kappa shape index (κ2) is 7.18. The molecule has 0 unspecified atom stereocenters. The van der Waals surface area contributed by atoms with E-state index in [4.69, 9.17) is 16.0 Å². The Balaban J connectivity index is 1.93. The number of likely N-dealkylation sites (tertiary alicyclic amines) is 1. The van der Waals surface area contributed by atoms with Gasteiger partial charge in [-0.05, 0) is 38.1 Å². The van der Waals surface area contributed by atoms with Crippen molar-refractivity contribution in [3.63, 3.8) is 0 Å². The molecule has 1 aliphatic rings. The number of aromatic nitrogens is 1. The van der Waals surface area contributed by atoms with Gasteiger partial charge in [-0.15, -0.1) is 0 Å². The molecule has 10 heteroatoms. The molecule has 0 spiro atoms. The molecule has 3 rings (SSSR count). The van der Waals surface area contributed by atoms with Gasteiger partial charge < -0.3 is 4.42 Å². The number of sulfone groups is 1. The van der Waals surface area contributed by atoms with Crippen LogP contribution in [0.1, 0.15) is 39.5 Å². The summed E-state index contributed by atoms with van der Waals surface area (Å²) in [4.78, 5) is 5.47. The van der Waals surface area contributed by atoms with E-state index in [-0.39, 0.29) is 41.4 Å². The van der Waals surface area contributed by atoms with Gasteiger partial charge in [-0.1, -0.05) is 32.4 Å². The lowest BCUT2D eigenvalue weighted by Crippen LogP contribution is -2.43. The zero-order valence-electron chi connectivity index (χ0n) is 15.8. The van der Waals surface area contributed by atoms with E-state index in [1.165, 1.54) is 11.0 Å². The molecule has 5 nitrogen and oxygen atoms in total. The fourth-order valence-corrected chi connectivity index (χ4v) is 5.71. The summed E-state index contributed by atoms with van der Waals surface area (Å²) in [6.45, 7) is 4.76. The number of alkyl halides is 3. The molecule has 2 heterocycles. The van der Waals surface area contributed by atoms with Crippen LogP contribution in [0.4, 0.5) is 13.2 Å². The summed E-state index contributed by atoms with van der Waals surface area (Å²) in [6, 6.07) is 3.06. The van der Waals surface area contributed by atoms with Gasteiger partial charge in [0.2, 0.25) is 5.89 Å². The van der Waals surface area contributed by atoms with Gasteiger partial charge in [0.1, 0.15) is 10.4 Å². The maximum Gasteiger partial charge on any atom is 0.401 e. The van der Waals surface area contributed by atoms with Gasteiger partial charge >= 0.3 is 6.18 Å². The highest BCUT2D eigenvalue weighted by atomic mass is 35.5. The molecule has 0 N–H and O–H groups in total. The minimum absolute atomic E-state index is 0.0295. The van der Waals surface area contributed by atoms with Gasteiger partial charge in [-0.25, -0.2) is 13.4 Å². The van der Waals surface area contributed by atoms with Crippen molar-refractivity contribution < 1.29 is 26.0 Å². The van der Waals surface area contributed by atoms with Crippen LogP contribution in [-0.2, 0) is 15.3 Å². The molecule has 156 valence electrons. The second-order valence-corrected chi connectivity index (χ2v) is 10.7. The highest BCUT2D eigenvalue weighted by Gasteiger charge is 2.38. The summed E-state index contributed by atoms with van der Waals surface area (Å²) in [5.41, 5.74) is 0.0766. The maximum atomic E-state index is 13.3. The SMILES string of the molecule is CC(C)(C)c1nc2ccc(Cl)c(S(=O)(=O)C3CCN(CC(F)(F)F)CC3)c2o1. The highest BCUT2D eigenvalue weighted by molar-refractivity contribution is 7.92. The summed E-state index contributed by atoms with van der Waals surface area (Å²) in [5.74, 6) is 0.390. The Morgan fingerprint density at radius 3 is 2.36 bits per heavy atom. The summed E-state index contributed by atoms with van der Waals surface area (Å²) >= 11 is 6.22. The van der Waals surface area contributed by atoms with Crippen LogP contribution in [0.2, 0.25) is 5.02 Å². The number of halogens is 4. The Morgan fingerprint density at radius 2 is 1.82 bits per heavy atom. The lowest BCUT2D eigenvalue weighted by atomic mass is 9.97. The molecule has 0 amide bonds. The monoisotopic (exact) mass is 438 g/mol. The largest absolute Gasteiger partial charge is 0.439 e. The van der Waals surface area contributed by atoms with E-state index < -0.39 is 33.2 Å². The fraction of sp³-hybridized carbons (Fsp3) is 0.611. The van der Waals surface area contributed by atoms with Crippen LogP contribution in [0.15, 0.2) is 21.4 Å². The van der Waals surface area contributed by atoms with E-state index in [0.29, 0.717) is 11.4 Å². The normalized spacial score (nSPS) is 18.1. The molecular formula is C18H22ClF3N2O3S. The number of piperidine rings is 1. The Morgan fingerprint density at radius 1 is 1.21 bits per heavy atom. The molecule has 1 aliphatic heterocycles. The van der Waals surface area contributed by atoms with Gasteiger partial charge in [0, 0.05) is 5.41 Å². The van der Waals surface area contributed by atoms with Crippen molar-refractivity contribution in [2.24, 2.45) is 0 Å². The van der Waals surface area contributed by atoms with E-state index in [0.717, 1.165) is 0 Å². The topological polar surface area (TPSA) is 63.4 Å². The number of fused-ring (bicyclic) bond motifs is 1. The van der Waals surface area contributed by atoms with Crippen LogP contribution in [0.25, 0.3) is 11.1 Å². The van der Waals surface area contributed by atoms with E-state index in [1.807, 2.05) is 20.8 Å². The number of hydrogen-bond donors (Lipinski definition) is 0. The molecule has 2 aromatic rings. The first-order chi connectivity index (χ1) is 12.8. The summed E-state index contributed by atoms with van der Waals surface area (Å²) in [6.07, 6.45) is -4.10. The third-order valence-corrected chi connectivity index (χ3v) is 7.52. The van der Waals surface area contributed by atoms with Gasteiger partial charge in [0.05, 0.1) is 16.8 Å². The van der Waals surface area contributed by atoms with Crippen molar-refractivity contribution in [3.05, 3.63) is 23.0 Å². The van der Waals surface area contributed by atoms with Crippen molar-refractivity contribution in [2.45, 2.75) is 55.3 Å². The predicted octanol–water partition coefficient (Wildman–Crippen LogP) is 4.58. The standard InChI is InChI=1S/C18H22ClF3N2O3S/c1-17(2,3)16-23-13-5-4-12(19)15(14(13)27-16)28(25,26)11-6-8-24(9-7-11)10-18(20,21)22/h4-5,11H,6-10H2,1-3H3. The smallest absolute Gasteiger partial charge is 0.401 e. The Labute approximate surface area is 166 Å². The highest BCUT2D eigenvalue weighted by Crippen LogP contribution is 2.37. The quantitative estimate of drug-likeness (QED) is 0.701. The first-order valence-corrected chi connectivity index (χ1v) is 10.8. The molecule has 1 saturated heterocycles. The molecule has 0 aliphatic carbocycles. The van der Waals surface area contributed by atoms with Crippen molar-refractivity contribution >= 4 is 32.5 Å². The van der Waals surface area contributed by atoms with Gasteiger partial charge in [0.15, 0.2) is 15.4 Å². The van der Waals surface area contributed by atoms with Crippen LogP contribution in [0.5, 0.6) is 0 Å². The van der Waals surface area contributed by atoms with E-state index in [1.54, 1.807) is 6.07 Å². The maximum absolute atomic E-state index is 13.3. The molecule has 1 aromatic carbocycles. The number of nitrogens with zero attached hydrogens (tertiary/aromatic N) is 2. The van der Waals surface area contributed by atoms with E-state index >= 15 is 0 Å². The zero-order valence-corrected chi connectivity index (χ0v) is 17.4. The van der Waals surface area contributed by atoms with Gasteiger partial charge in [-0.2, -0.15) is 13.2 Å². The predicted molar refractivity (Wildman–Crippen MR) is 100 cm³/mol. The fourth-order valence-electron chi connectivity index (χ4n) is 3.33. The van der Waals surface area contributed by atoms with E-state index in [2.05, 4.69) is 4.98 Å². The van der Waals surface area contributed by atoms with Gasteiger partial charge in [0.25, 0.3) is 0 Å². The minimum Gasteiger partial charge on any atom is -0.439 e. The first kappa shape index (κ1) is 21.4. The van der Waals surface area contributed by atoms with Crippen LogP contribution in [0, 0.1) is 0 Å². The average Bonchev–Trinajstić information content (AvgIpc) is 2.97. The Bertz CT molecular complexity index is 972. The lowest BCUT2D eigenvalue weighted by Gasteiger charge is -2.32. The Hall–Kier alpha value is -1.32. The molecule has 0 bridgehead atoms. The lowest BCUT2D eigenvalue weighted by molar-refractivity contribution is -0.147. The summed E-state index contributed by atoms with van der Waals surface area (Å²) in [7, 11) is -3.89. The molecule has 0 saturated carbocycles. The molecule has 0 atom stereocenters. The van der Waals surface area contributed by atoms with Crippen molar-refractivity contribution in [2.75, 3.05) is 19.6 Å². The molecule has 1 fully saturated rings. The van der Waals surface area contributed by atoms with Gasteiger partial charge in [-0.3, -0.25) is 4.90 Å². The molecule has 0 radical (unpaired) electrons. The first-order valence-electron chi connectivity index (χ1n) is 8.91. The minimum atomic E-state index is -4.30. The third kappa shape index (κ3) is 4.31. The summed E-state index contributed by atoms with van der Waals surface area (Å²) in [5, 5.41) is -0.787. The van der Waals surface area contributed by atoms with Crippen LogP contribution in [0.3, 0.4) is 0 Å². The van der Waals surface area contributed by atoms with Crippen LogP contribution < -0.4 is 0 Å². The third-order valence-electron chi connectivity index (χ3n) is 4.77. The van der Waals surface area contributed by atoms with Crippen molar-refractivity contribution in [1.29, 1.82) is 0 Å². The van der Waals surface area contributed by atoms with Crippen molar-refractivity contribution in [1.82, 2.24) is 9.88 Å². The number of benzene rings is 1. The molecule has 28 heavy (non-hydrogen) atoms. The Kier molecular flexibility index (Phi) is 5.48. The number of oxazole rings is 1. The van der Waals surface area contributed by atoms with Crippen molar-refractivity contribution in [3.8, 4) is 0 Å². The molecule has 1 aromatic heterocycles. The molecular weight excluding hydrogens is 417 g/mol. The van der Waals surface area contributed by atoms with E-state index in [9.17, 15) is 21.6 Å². The number of rotatable bonds is 3. The zero-order chi connectivity index (χ0) is 20.9. The van der Waals surface area contributed by atoms with Crippen LogP contribution in [-0.4, -0.2) is 49.4 Å². The summed E-state index contributed by atoms with van der Waals surface area (Å²) < 4.78 is 70.0. The number of hydrogen-bond acceptors (Lipinski definition) is 5. The second-order valence-electron chi connectivity index (χ2n) is 8.13. The van der Waals surface area contributed by atoms with Crippen LogP contribution >= 0.6 is 11.6 Å². The average molecular weight is 439 g/mol.